The van der Waals surface area contributed by atoms with Gasteiger partial charge in [-0.15, -0.1) is 0 Å². The lowest BCUT2D eigenvalue weighted by Crippen LogP contribution is -2.53. The summed E-state index contributed by atoms with van der Waals surface area (Å²) >= 11 is 0. The molecule has 214 valence electrons. The first-order valence-electron chi connectivity index (χ1n) is 14.1. The lowest BCUT2D eigenvalue weighted by molar-refractivity contribution is -0.142. The van der Waals surface area contributed by atoms with Crippen LogP contribution in [0.5, 0.6) is 5.75 Å². The van der Waals surface area contributed by atoms with Crippen LogP contribution in [0.15, 0.2) is 24.3 Å². The highest BCUT2D eigenvalue weighted by Crippen LogP contribution is 2.27. The highest BCUT2D eigenvalue weighted by Gasteiger charge is 2.35. The molecule has 1 aliphatic carbocycles. The first kappa shape index (κ1) is 30.4. The molecular formula is C29H47N3O5S. The summed E-state index contributed by atoms with van der Waals surface area (Å²) in [5, 5.41) is 0. The van der Waals surface area contributed by atoms with E-state index in [1.807, 2.05) is 54.8 Å². The van der Waals surface area contributed by atoms with Gasteiger partial charge in [0, 0.05) is 37.6 Å². The molecule has 9 heteroatoms. The highest BCUT2D eigenvalue weighted by molar-refractivity contribution is 7.89. The number of carbonyl (C=O) groups excluding carboxylic acids is 2. The van der Waals surface area contributed by atoms with E-state index < -0.39 is 15.4 Å². The molecular weight excluding hydrogens is 502 g/mol. The van der Waals surface area contributed by atoms with Gasteiger partial charge in [0.15, 0.2) is 0 Å². The number of amides is 2. The first-order chi connectivity index (χ1) is 17.9. The van der Waals surface area contributed by atoms with E-state index in [1.54, 1.807) is 14.0 Å². The summed E-state index contributed by atoms with van der Waals surface area (Å²) in [5.41, 5.74) is 0.518. The summed E-state index contributed by atoms with van der Waals surface area (Å²) < 4.78 is 32.8. The number of methoxy groups -OCH3 is 1. The van der Waals surface area contributed by atoms with Crippen LogP contribution in [-0.4, -0.2) is 79.4 Å². The molecule has 8 nitrogen and oxygen atoms in total. The second-order valence-electron chi connectivity index (χ2n) is 11.8. The molecule has 2 aliphatic rings. The van der Waals surface area contributed by atoms with Crippen LogP contribution in [-0.2, 0) is 26.2 Å². The van der Waals surface area contributed by atoms with Gasteiger partial charge in [0.25, 0.3) is 0 Å². The largest absolute Gasteiger partial charge is 0.497 e. The van der Waals surface area contributed by atoms with Crippen molar-refractivity contribution in [2.45, 2.75) is 85.2 Å². The molecule has 1 heterocycles. The third kappa shape index (κ3) is 8.18. The average molecular weight is 550 g/mol. The van der Waals surface area contributed by atoms with Gasteiger partial charge in [0.1, 0.15) is 5.75 Å². The molecule has 0 unspecified atom stereocenters. The molecule has 0 N–H and O–H groups in total. The first-order valence-corrected chi connectivity index (χ1v) is 15.7. The smallest absolute Gasteiger partial charge is 0.238 e. The number of hydrogen-bond donors (Lipinski definition) is 0. The average Bonchev–Trinajstić information content (AvgIpc) is 2.91. The SMILES string of the molecule is CCS(=O)(=O)N(CC(=O)N(Cc1ccc(OC)cc1)C1CCN(C(=O)C(C)(C)C)CC1)CC1CCCCC1. The molecule has 38 heavy (non-hydrogen) atoms. The van der Waals surface area contributed by atoms with E-state index in [0.717, 1.165) is 37.0 Å². The maximum Gasteiger partial charge on any atom is 0.238 e. The predicted molar refractivity (Wildman–Crippen MR) is 150 cm³/mol. The van der Waals surface area contributed by atoms with Crippen LogP contribution in [0.4, 0.5) is 0 Å². The van der Waals surface area contributed by atoms with Crippen LogP contribution in [0.25, 0.3) is 0 Å². The van der Waals surface area contributed by atoms with Gasteiger partial charge in [-0.3, -0.25) is 9.59 Å². The van der Waals surface area contributed by atoms with Crippen molar-refractivity contribution >= 4 is 21.8 Å². The molecule has 0 aromatic heterocycles. The minimum atomic E-state index is -3.52. The summed E-state index contributed by atoms with van der Waals surface area (Å²) in [6.07, 6.45) is 6.81. The fourth-order valence-electron chi connectivity index (χ4n) is 5.56. The number of likely N-dealkylation sites (tertiary alicyclic amines) is 1. The fraction of sp³-hybridized carbons (Fsp3) is 0.724. The third-order valence-electron chi connectivity index (χ3n) is 7.92. The van der Waals surface area contributed by atoms with Crippen molar-refractivity contribution in [2.75, 3.05) is 39.0 Å². The van der Waals surface area contributed by atoms with Crippen LogP contribution in [0.3, 0.4) is 0 Å². The van der Waals surface area contributed by atoms with E-state index in [2.05, 4.69) is 0 Å². The number of sulfonamides is 1. The molecule has 0 radical (unpaired) electrons. The zero-order valence-electron chi connectivity index (χ0n) is 23.9. The van der Waals surface area contributed by atoms with E-state index in [4.69, 9.17) is 4.74 Å². The fourth-order valence-corrected chi connectivity index (χ4v) is 6.67. The maximum absolute atomic E-state index is 13.9. The molecule has 2 amide bonds. The van der Waals surface area contributed by atoms with Gasteiger partial charge >= 0.3 is 0 Å². The van der Waals surface area contributed by atoms with E-state index >= 15 is 0 Å². The van der Waals surface area contributed by atoms with Crippen molar-refractivity contribution in [1.29, 1.82) is 0 Å². The Morgan fingerprint density at radius 1 is 1.00 bits per heavy atom. The Morgan fingerprint density at radius 2 is 1.61 bits per heavy atom. The molecule has 0 spiro atoms. The molecule has 1 saturated carbocycles. The Bertz CT molecular complexity index is 1020. The Morgan fingerprint density at radius 3 is 2.13 bits per heavy atom. The lowest BCUT2D eigenvalue weighted by Gasteiger charge is -2.41. The standard InChI is InChI=1S/C29H47N3O5S/c1-6-38(35,36)31(20-23-10-8-7-9-11-23)22-27(33)32(21-24-12-14-26(37-5)15-13-24)25-16-18-30(19-17-25)28(34)29(2,3)4/h12-15,23,25H,6-11,16-22H2,1-5H3. The van der Waals surface area contributed by atoms with Crippen molar-refractivity contribution in [2.24, 2.45) is 11.3 Å². The van der Waals surface area contributed by atoms with Gasteiger partial charge in [0.05, 0.1) is 19.4 Å². The van der Waals surface area contributed by atoms with E-state index in [-0.39, 0.29) is 30.2 Å². The number of benzene rings is 1. The van der Waals surface area contributed by atoms with Crippen LogP contribution in [0.2, 0.25) is 0 Å². The summed E-state index contributed by atoms with van der Waals surface area (Å²) in [7, 11) is -1.90. The highest BCUT2D eigenvalue weighted by atomic mass is 32.2. The van der Waals surface area contributed by atoms with Crippen molar-refractivity contribution in [3.63, 3.8) is 0 Å². The Kier molecular flexibility index (Phi) is 10.6. The normalized spacial score (nSPS) is 18.0. The third-order valence-corrected chi connectivity index (χ3v) is 9.72. The maximum atomic E-state index is 13.9. The molecule has 0 atom stereocenters. The second kappa shape index (κ2) is 13.3. The number of rotatable bonds is 10. The summed E-state index contributed by atoms with van der Waals surface area (Å²) in [4.78, 5) is 30.4. The number of ether oxygens (including phenoxy) is 1. The minimum absolute atomic E-state index is 0.0151. The van der Waals surface area contributed by atoms with Crippen molar-refractivity contribution in [3.8, 4) is 5.75 Å². The Balaban J connectivity index is 1.79. The molecule has 1 saturated heterocycles. The van der Waals surface area contributed by atoms with E-state index in [0.29, 0.717) is 44.9 Å². The Hall–Kier alpha value is -2.13. The summed E-state index contributed by atoms with van der Waals surface area (Å²) in [6.45, 7) is 9.27. The number of carbonyl (C=O) groups is 2. The van der Waals surface area contributed by atoms with Gasteiger partial charge in [0.2, 0.25) is 21.8 Å². The molecule has 0 bridgehead atoms. The quantitative estimate of drug-likeness (QED) is 0.435. The van der Waals surface area contributed by atoms with Crippen molar-refractivity contribution in [1.82, 2.24) is 14.1 Å². The van der Waals surface area contributed by atoms with Gasteiger partial charge in [-0.2, -0.15) is 4.31 Å². The van der Waals surface area contributed by atoms with E-state index in [1.165, 1.54) is 10.7 Å². The second-order valence-corrected chi connectivity index (χ2v) is 14.1. The Labute approximate surface area is 229 Å². The molecule has 2 fully saturated rings. The minimum Gasteiger partial charge on any atom is -0.497 e. The lowest BCUT2D eigenvalue weighted by atomic mass is 9.89. The molecule has 1 aromatic carbocycles. The van der Waals surface area contributed by atoms with Gasteiger partial charge < -0.3 is 14.5 Å². The zero-order chi connectivity index (χ0) is 27.9. The molecule has 1 aromatic rings. The van der Waals surface area contributed by atoms with Crippen LogP contribution in [0, 0.1) is 11.3 Å². The van der Waals surface area contributed by atoms with E-state index in [9.17, 15) is 18.0 Å². The monoisotopic (exact) mass is 549 g/mol. The number of hydrogen-bond acceptors (Lipinski definition) is 5. The van der Waals surface area contributed by atoms with Gasteiger partial charge in [-0.05, 0) is 56.2 Å². The van der Waals surface area contributed by atoms with Crippen molar-refractivity contribution < 1.29 is 22.7 Å². The summed E-state index contributed by atoms with van der Waals surface area (Å²) in [6, 6.07) is 7.58. The predicted octanol–water partition coefficient (Wildman–Crippen LogP) is 4.29. The zero-order valence-corrected chi connectivity index (χ0v) is 24.8. The topological polar surface area (TPSA) is 87.2 Å². The number of nitrogens with zero attached hydrogens (tertiary/aromatic N) is 3. The van der Waals surface area contributed by atoms with Gasteiger partial charge in [-0.25, -0.2) is 8.42 Å². The van der Waals surface area contributed by atoms with Crippen LogP contribution in [0.1, 0.15) is 78.2 Å². The summed E-state index contributed by atoms with van der Waals surface area (Å²) in [5.74, 6) is 0.984. The van der Waals surface area contributed by atoms with Crippen molar-refractivity contribution in [3.05, 3.63) is 29.8 Å². The molecule has 3 rings (SSSR count). The van der Waals surface area contributed by atoms with Crippen LogP contribution >= 0.6 is 0 Å². The number of piperidine rings is 1. The van der Waals surface area contributed by atoms with Gasteiger partial charge in [-0.1, -0.05) is 52.2 Å². The molecule has 1 aliphatic heterocycles. The van der Waals surface area contributed by atoms with Crippen LogP contribution < -0.4 is 4.74 Å².